The fraction of sp³-hybridized carbons (Fsp3) is 0.0625. The summed E-state index contributed by atoms with van der Waals surface area (Å²) < 4.78 is 13.3. The van der Waals surface area contributed by atoms with E-state index >= 15 is 0 Å². The van der Waals surface area contributed by atoms with Crippen LogP contribution in [0.1, 0.15) is 5.56 Å². The van der Waals surface area contributed by atoms with Gasteiger partial charge in [0.1, 0.15) is 5.82 Å². The number of carbonyl (C=O) groups excluding carboxylic acids is 1. The van der Waals surface area contributed by atoms with Gasteiger partial charge in [0.05, 0.1) is 5.52 Å². The van der Waals surface area contributed by atoms with Crippen molar-refractivity contribution in [3.05, 3.63) is 52.8 Å². The number of aromatic amines is 1. The molecule has 0 bridgehead atoms. The third-order valence-electron chi connectivity index (χ3n) is 3.46. The minimum Gasteiger partial charge on any atom is -0.493 e. The molecule has 0 spiro atoms. The minimum atomic E-state index is -0.745. The van der Waals surface area contributed by atoms with E-state index in [-0.39, 0.29) is 11.6 Å². The van der Waals surface area contributed by atoms with Crippen molar-refractivity contribution in [3.8, 4) is 5.88 Å². The second kappa shape index (κ2) is 6.29. The summed E-state index contributed by atoms with van der Waals surface area (Å²) in [5.74, 6) is -0.789. The van der Waals surface area contributed by atoms with Crippen LogP contribution >= 0.6 is 11.6 Å². The molecule has 0 aliphatic carbocycles. The van der Waals surface area contributed by atoms with Gasteiger partial charge in [-0.15, -0.1) is 5.11 Å². The van der Waals surface area contributed by atoms with Gasteiger partial charge in [-0.3, -0.25) is 0 Å². The Morgan fingerprint density at radius 3 is 2.92 bits per heavy atom. The zero-order valence-corrected chi connectivity index (χ0v) is 13.2. The number of rotatable bonds is 2. The van der Waals surface area contributed by atoms with Crippen LogP contribution in [0.3, 0.4) is 0 Å². The number of aromatic nitrogens is 1. The van der Waals surface area contributed by atoms with Crippen LogP contribution in [0.2, 0.25) is 5.02 Å². The van der Waals surface area contributed by atoms with Gasteiger partial charge in [0.25, 0.3) is 0 Å². The summed E-state index contributed by atoms with van der Waals surface area (Å²) in [7, 11) is 0. The van der Waals surface area contributed by atoms with Gasteiger partial charge in [-0.25, -0.2) is 9.18 Å². The van der Waals surface area contributed by atoms with E-state index in [1.54, 1.807) is 25.1 Å². The molecule has 2 aromatic carbocycles. The maximum absolute atomic E-state index is 13.3. The van der Waals surface area contributed by atoms with Crippen LogP contribution in [-0.4, -0.2) is 16.1 Å². The molecule has 2 amide bonds. The monoisotopic (exact) mass is 346 g/mol. The lowest BCUT2D eigenvalue weighted by atomic mass is 10.2. The number of carbonyl (C=O) groups is 1. The molecule has 3 aromatic rings. The van der Waals surface area contributed by atoms with Crippen LogP contribution in [0.4, 0.5) is 20.6 Å². The third kappa shape index (κ3) is 3.07. The molecule has 3 rings (SSSR count). The van der Waals surface area contributed by atoms with Gasteiger partial charge in [-0.05, 0) is 42.8 Å². The first-order valence-electron chi connectivity index (χ1n) is 6.93. The number of halogens is 2. The number of amides is 2. The van der Waals surface area contributed by atoms with E-state index < -0.39 is 11.8 Å². The highest BCUT2D eigenvalue weighted by Gasteiger charge is 2.12. The number of urea groups is 1. The lowest BCUT2D eigenvalue weighted by molar-refractivity contribution is 0.258. The van der Waals surface area contributed by atoms with Crippen LogP contribution < -0.4 is 5.32 Å². The summed E-state index contributed by atoms with van der Waals surface area (Å²) in [5.41, 5.74) is 1.66. The number of nitrogens with zero attached hydrogens (tertiary/aromatic N) is 2. The standard InChI is InChI=1S/C16H12ClFN4O2/c1-8-11(17)3-2-4-12(8)20-16(24)22-21-14-10-7-9(18)5-6-13(10)19-15(14)23/h2-7,19,23H,1H3,(H,20,24). The Labute approximate surface area is 141 Å². The summed E-state index contributed by atoms with van der Waals surface area (Å²) in [6.07, 6.45) is 0. The number of nitrogens with one attached hydrogen (secondary N) is 2. The number of anilines is 1. The molecule has 0 atom stereocenters. The van der Waals surface area contributed by atoms with Crippen LogP contribution in [0.5, 0.6) is 5.88 Å². The highest BCUT2D eigenvalue weighted by Crippen LogP contribution is 2.35. The van der Waals surface area contributed by atoms with E-state index in [1.807, 2.05) is 0 Å². The Morgan fingerprint density at radius 1 is 1.33 bits per heavy atom. The summed E-state index contributed by atoms with van der Waals surface area (Å²) in [4.78, 5) is 14.5. The number of hydrogen-bond donors (Lipinski definition) is 3. The highest BCUT2D eigenvalue weighted by molar-refractivity contribution is 6.31. The molecular weight excluding hydrogens is 335 g/mol. The van der Waals surface area contributed by atoms with Crippen LogP contribution in [0.25, 0.3) is 10.9 Å². The Morgan fingerprint density at radius 2 is 2.12 bits per heavy atom. The molecule has 0 unspecified atom stereocenters. The van der Waals surface area contributed by atoms with Crippen molar-refractivity contribution in [2.24, 2.45) is 10.2 Å². The van der Waals surface area contributed by atoms with Gasteiger partial charge in [0, 0.05) is 16.1 Å². The molecule has 1 aromatic heterocycles. The molecule has 0 radical (unpaired) electrons. The second-order valence-electron chi connectivity index (χ2n) is 5.05. The van der Waals surface area contributed by atoms with Crippen LogP contribution in [0.15, 0.2) is 46.6 Å². The van der Waals surface area contributed by atoms with Crippen LogP contribution in [0, 0.1) is 12.7 Å². The number of benzene rings is 2. The molecule has 6 nitrogen and oxygen atoms in total. The van der Waals surface area contributed by atoms with E-state index in [1.165, 1.54) is 18.2 Å². The summed E-state index contributed by atoms with van der Waals surface area (Å²) in [5, 5.41) is 20.4. The fourth-order valence-corrected chi connectivity index (χ4v) is 2.39. The molecule has 0 saturated heterocycles. The molecule has 0 saturated carbocycles. The topological polar surface area (TPSA) is 89.8 Å². The number of aromatic hydroxyl groups is 1. The Bertz CT molecular complexity index is 968. The second-order valence-corrected chi connectivity index (χ2v) is 5.46. The smallest absolute Gasteiger partial charge is 0.364 e. The van der Waals surface area contributed by atoms with Gasteiger partial charge in [0.15, 0.2) is 5.69 Å². The zero-order chi connectivity index (χ0) is 17.3. The Hall–Kier alpha value is -2.93. The van der Waals surface area contributed by atoms with Gasteiger partial charge < -0.3 is 15.4 Å². The lowest BCUT2D eigenvalue weighted by Crippen LogP contribution is -2.06. The molecule has 24 heavy (non-hydrogen) atoms. The van der Waals surface area contributed by atoms with E-state index in [9.17, 15) is 14.3 Å². The maximum atomic E-state index is 13.3. The average Bonchev–Trinajstić information content (AvgIpc) is 2.84. The predicted octanol–water partition coefficient (Wildman–Crippen LogP) is 5.29. The van der Waals surface area contributed by atoms with Crippen molar-refractivity contribution >= 4 is 39.9 Å². The van der Waals surface area contributed by atoms with E-state index in [0.717, 1.165) is 0 Å². The first-order valence-corrected chi connectivity index (χ1v) is 7.31. The predicted molar refractivity (Wildman–Crippen MR) is 89.6 cm³/mol. The minimum absolute atomic E-state index is 0.0116. The number of hydrogen-bond acceptors (Lipinski definition) is 3. The van der Waals surface area contributed by atoms with Crippen molar-refractivity contribution in [3.63, 3.8) is 0 Å². The van der Waals surface area contributed by atoms with Crippen molar-refractivity contribution in [1.29, 1.82) is 0 Å². The van der Waals surface area contributed by atoms with Crippen molar-refractivity contribution in [2.75, 3.05) is 5.32 Å². The van der Waals surface area contributed by atoms with Crippen molar-refractivity contribution in [1.82, 2.24) is 4.98 Å². The third-order valence-corrected chi connectivity index (χ3v) is 3.87. The van der Waals surface area contributed by atoms with Gasteiger partial charge in [0.2, 0.25) is 5.88 Å². The SMILES string of the molecule is Cc1c(Cl)cccc1NC(=O)N=Nc1c(O)[nH]c2ccc(F)cc12. The Balaban J connectivity index is 1.85. The molecule has 3 N–H and O–H groups in total. The highest BCUT2D eigenvalue weighted by atomic mass is 35.5. The van der Waals surface area contributed by atoms with Gasteiger partial charge in [-0.1, -0.05) is 22.8 Å². The van der Waals surface area contributed by atoms with E-state index in [4.69, 9.17) is 11.6 Å². The summed E-state index contributed by atoms with van der Waals surface area (Å²) in [6, 6.07) is 8.22. The molecule has 0 aliphatic rings. The largest absolute Gasteiger partial charge is 0.493 e. The molecule has 1 heterocycles. The quantitative estimate of drug-likeness (QED) is 0.550. The number of H-pyrrole nitrogens is 1. The summed E-state index contributed by atoms with van der Waals surface area (Å²) >= 11 is 5.98. The first kappa shape index (κ1) is 15.9. The molecule has 0 fully saturated rings. The van der Waals surface area contributed by atoms with Gasteiger partial charge >= 0.3 is 6.03 Å². The number of fused-ring (bicyclic) bond motifs is 1. The molecule has 122 valence electrons. The van der Waals surface area contributed by atoms with Crippen molar-refractivity contribution in [2.45, 2.75) is 6.92 Å². The average molecular weight is 347 g/mol. The molecular formula is C16H12ClFN4O2. The fourth-order valence-electron chi connectivity index (χ4n) is 2.22. The molecule has 0 aliphatic heterocycles. The van der Waals surface area contributed by atoms with E-state index in [2.05, 4.69) is 20.5 Å². The van der Waals surface area contributed by atoms with Crippen molar-refractivity contribution < 1.29 is 14.3 Å². The maximum Gasteiger partial charge on any atom is 0.364 e. The van der Waals surface area contributed by atoms with E-state index in [0.29, 0.717) is 27.2 Å². The molecule has 8 heteroatoms. The Kier molecular flexibility index (Phi) is 4.18. The zero-order valence-electron chi connectivity index (χ0n) is 12.5. The first-order chi connectivity index (χ1) is 11.5. The van der Waals surface area contributed by atoms with Gasteiger partial charge in [-0.2, -0.15) is 0 Å². The summed E-state index contributed by atoms with van der Waals surface area (Å²) in [6.45, 7) is 1.75. The normalized spacial score (nSPS) is 11.3. The number of azo groups is 1. The van der Waals surface area contributed by atoms with Crippen LogP contribution in [-0.2, 0) is 0 Å². The lowest BCUT2D eigenvalue weighted by Gasteiger charge is -2.06.